The standard InChI is InChI=1S/C12H19NOS/c1-3-5-10-7-8-11(15-10)9-13-12(14)6-4-2/h7-8H,3-6,9H2,1-2H3,(H,13,14). The number of rotatable bonds is 6. The molecular formula is C12H19NOS. The molecule has 1 aromatic rings. The molecule has 1 N–H and O–H groups in total. The number of aryl methyl sites for hydroxylation is 1. The van der Waals surface area contributed by atoms with Gasteiger partial charge < -0.3 is 5.32 Å². The zero-order chi connectivity index (χ0) is 11.1. The number of hydrogen-bond donors (Lipinski definition) is 1. The van der Waals surface area contributed by atoms with Crippen LogP contribution < -0.4 is 5.32 Å². The fourth-order valence-electron chi connectivity index (χ4n) is 1.40. The molecule has 0 atom stereocenters. The first-order chi connectivity index (χ1) is 7.26. The topological polar surface area (TPSA) is 29.1 Å². The van der Waals surface area contributed by atoms with Crippen molar-refractivity contribution in [3.05, 3.63) is 21.9 Å². The van der Waals surface area contributed by atoms with Gasteiger partial charge in [-0.15, -0.1) is 11.3 Å². The van der Waals surface area contributed by atoms with Crippen LogP contribution in [-0.2, 0) is 17.8 Å². The zero-order valence-corrected chi connectivity index (χ0v) is 10.3. The number of carbonyl (C=O) groups is 1. The highest BCUT2D eigenvalue weighted by atomic mass is 32.1. The Kier molecular flexibility index (Phi) is 5.40. The van der Waals surface area contributed by atoms with Crippen molar-refractivity contribution in [2.24, 2.45) is 0 Å². The maximum Gasteiger partial charge on any atom is 0.220 e. The van der Waals surface area contributed by atoms with E-state index >= 15 is 0 Å². The SMILES string of the molecule is CCCC(=O)NCc1ccc(CCC)s1. The average molecular weight is 225 g/mol. The lowest BCUT2D eigenvalue weighted by atomic mass is 10.3. The van der Waals surface area contributed by atoms with Gasteiger partial charge in [-0.3, -0.25) is 4.79 Å². The van der Waals surface area contributed by atoms with Crippen molar-refractivity contribution >= 4 is 17.2 Å². The Labute approximate surface area is 95.7 Å². The van der Waals surface area contributed by atoms with E-state index in [1.54, 1.807) is 11.3 Å². The molecule has 1 rings (SSSR count). The lowest BCUT2D eigenvalue weighted by Gasteiger charge is -2.01. The third-order valence-electron chi connectivity index (χ3n) is 2.15. The van der Waals surface area contributed by atoms with E-state index in [4.69, 9.17) is 0 Å². The molecule has 0 aromatic carbocycles. The molecule has 0 spiro atoms. The number of carbonyl (C=O) groups excluding carboxylic acids is 1. The second-order valence-electron chi connectivity index (χ2n) is 3.64. The summed E-state index contributed by atoms with van der Waals surface area (Å²) in [7, 11) is 0. The summed E-state index contributed by atoms with van der Waals surface area (Å²) in [6.45, 7) is 4.89. The van der Waals surface area contributed by atoms with E-state index in [1.807, 2.05) is 6.92 Å². The van der Waals surface area contributed by atoms with Crippen molar-refractivity contribution in [3.63, 3.8) is 0 Å². The van der Waals surface area contributed by atoms with Crippen LogP contribution >= 0.6 is 11.3 Å². The van der Waals surface area contributed by atoms with Crippen LogP contribution in [0.4, 0.5) is 0 Å². The van der Waals surface area contributed by atoms with Crippen LogP contribution in [0.3, 0.4) is 0 Å². The molecule has 1 aromatic heterocycles. The summed E-state index contributed by atoms with van der Waals surface area (Å²) in [6.07, 6.45) is 3.88. The highest BCUT2D eigenvalue weighted by Crippen LogP contribution is 2.17. The van der Waals surface area contributed by atoms with Crippen LogP contribution in [0, 0.1) is 0 Å². The summed E-state index contributed by atoms with van der Waals surface area (Å²) in [5.74, 6) is 0.156. The van der Waals surface area contributed by atoms with E-state index in [0.29, 0.717) is 13.0 Å². The van der Waals surface area contributed by atoms with Crippen molar-refractivity contribution in [2.45, 2.75) is 46.1 Å². The molecular weight excluding hydrogens is 206 g/mol. The third-order valence-corrected chi connectivity index (χ3v) is 3.30. The van der Waals surface area contributed by atoms with Crippen molar-refractivity contribution < 1.29 is 4.79 Å². The minimum absolute atomic E-state index is 0.156. The maximum absolute atomic E-state index is 11.2. The van der Waals surface area contributed by atoms with Crippen molar-refractivity contribution in [2.75, 3.05) is 0 Å². The zero-order valence-electron chi connectivity index (χ0n) is 9.51. The first-order valence-corrected chi connectivity index (χ1v) is 6.42. The van der Waals surface area contributed by atoms with Gasteiger partial charge in [0.2, 0.25) is 5.91 Å². The molecule has 0 saturated heterocycles. The molecule has 1 amide bonds. The van der Waals surface area contributed by atoms with Gasteiger partial charge in [0.25, 0.3) is 0 Å². The first-order valence-electron chi connectivity index (χ1n) is 5.60. The predicted molar refractivity (Wildman–Crippen MR) is 65.1 cm³/mol. The van der Waals surface area contributed by atoms with Gasteiger partial charge in [0, 0.05) is 16.2 Å². The van der Waals surface area contributed by atoms with Gasteiger partial charge in [-0.2, -0.15) is 0 Å². The van der Waals surface area contributed by atoms with E-state index in [1.165, 1.54) is 16.2 Å². The maximum atomic E-state index is 11.2. The molecule has 0 aliphatic heterocycles. The van der Waals surface area contributed by atoms with Gasteiger partial charge >= 0.3 is 0 Å². The van der Waals surface area contributed by atoms with Gasteiger partial charge in [-0.05, 0) is 25.0 Å². The summed E-state index contributed by atoms with van der Waals surface area (Å²) in [6, 6.07) is 4.28. The Balaban J connectivity index is 2.34. The number of amides is 1. The van der Waals surface area contributed by atoms with Gasteiger partial charge in [0.05, 0.1) is 6.54 Å². The fraction of sp³-hybridized carbons (Fsp3) is 0.583. The Morgan fingerprint density at radius 3 is 2.67 bits per heavy atom. The van der Waals surface area contributed by atoms with Crippen molar-refractivity contribution in [1.82, 2.24) is 5.32 Å². The van der Waals surface area contributed by atoms with E-state index in [0.717, 1.165) is 12.8 Å². The molecule has 15 heavy (non-hydrogen) atoms. The van der Waals surface area contributed by atoms with Gasteiger partial charge in [0.1, 0.15) is 0 Å². The number of nitrogens with one attached hydrogen (secondary N) is 1. The van der Waals surface area contributed by atoms with E-state index in [9.17, 15) is 4.79 Å². The molecule has 3 heteroatoms. The Bertz CT molecular complexity index is 306. The van der Waals surface area contributed by atoms with Crippen LogP contribution in [0.2, 0.25) is 0 Å². The highest BCUT2D eigenvalue weighted by molar-refractivity contribution is 7.11. The second kappa shape index (κ2) is 6.62. The largest absolute Gasteiger partial charge is 0.351 e. The monoisotopic (exact) mass is 225 g/mol. The molecule has 0 radical (unpaired) electrons. The summed E-state index contributed by atoms with van der Waals surface area (Å²) in [5.41, 5.74) is 0. The van der Waals surface area contributed by atoms with Crippen molar-refractivity contribution in [1.29, 1.82) is 0 Å². The molecule has 84 valence electrons. The third kappa shape index (κ3) is 4.47. The summed E-state index contributed by atoms with van der Waals surface area (Å²) in [5, 5.41) is 2.93. The lowest BCUT2D eigenvalue weighted by Crippen LogP contribution is -2.21. The molecule has 0 unspecified atom stereocenters. The number of hydrogen-bond acceptors (Lipinski definition) is 2. The van der Waals surface area contributed by atoms with Crippen LogP contribution in [0.25, 0.3) is 0 Å². The summed E-state index contributed by atoms with van der Waals surface area (Å²) in [4.78, 5) is 13.9. The van der Waals surface area contributed by atoms with Crippen LogP contribution in [0.5, 0.6) is 0 Å². The summed E-state index contributed by atoms with van der Waals surface area (Å²) < 4.78 is 0. The molecule has 0 bridgehead atoms. The fourth-order valence-corrected chi connectivity index (χ4v) is 2.46. The van der Waals surface area contributed by atoms with Crippen molar-refractivity contribution in [3.8, 4) is 0 Å². The first kappa shape index (κ1) is 12.2. The molecule has 0 saturated carbocycles. The Morgan fingerprint density at radius 2 is 2.00 bits per heavy atom. The van der Waals surface area contributed by atoms with Crippen LogP contribution in [0.15, 0.2) is 12.1 Å². The Morgan fingerprint density at radius 1 is 1.27 bits per heavy atom. The molecule has 2 nitrogen and oxygen atoms in total. The summed E-state index contributed by atoms with van der Waals surface area (Å²) >= 11 is 1.80. The average Bonchev–Trinajstić information content (AvgIpc) is 2.64. The van der Waals surface area contributed by atoms with Gasteiger partial charge in [0.15, 0.2) is 0 Å². The smallest absolute Gasteiger partial charge is 0.220 e. The minimum Gasteiger partial charge on any atom is -0.351 e. The molecule has 0 fully saturated rings. The van der Waals surface area contributed by atoms with E-state index < -0.39 is 0 Å². The quantitative estimate of drug-likeness (QED) is 0.792. The number of thiophene rings is 1. The minimum atomic E-state index is 0.156. The van der Waals surface area contributed by atoms with Gasteiger partial charge in [-0.25, -0.2) is 0 Å². The highest BCUT2D eigenvalue weighted by Gasteiger charge is 2.02. The predicted octanol–water partition coefficient (Wildman–Crippen LogP) is 3.12. The molecule has 0 aliphatic rings. The van der Waals surface area contributed by atoms with Crippen LogP contribution in [-0.4, -0.2) is 5.91 Å². The van der Waals surface area contributed by atoms with E-state index in [2.05, 4.69) is 24.4 Å². The van der Waals surface area contributed by atoms with Gasteiger partial charge in [-0.1, -0.05) is 20.3 Å². The molecule has 0 aliphatic carbocycles. The normalized spacial score (nSPS) is 10.3. The van der Waals surface area contributed by atoms with Crippen LogP contribution in [0.1, 0.15) is 42.9 Å². The lowest BCUT2D eigenvalue weighted by molar-refractivity contribution is -0.121. The Hall–Kier alpha value is -0.830. The van der Waals surface area contributed by atoms with E-state index in [-0.39, 0.29) is 5.91 Å². The molecule has 1 heterocycles. The second-order valence-corrected chi connectivity index (χ2v) is 4.90.